The molecule has 118 valence electrons. The molecule has 5 nitrogen and oxygen atoms in total. The van der Waals surface area contributed by atoms with Crippen LogP contribution in [0.4, 0.5) is 0 Å². The Bertz CT molecular complexity index is 281. The highest BCUT2D eigenvalue weighted by Crippen LogP contribution is 2.07. The Kier molecular flexibility index (Phi) is 11.8. The van der Waals surface area contributed by atoms with E-state index in [0.717, 1.165) is 5.75 Å². The molecule has 1 unspecified atom stereocenters. The van der Waals surface area contributed by atoms with Gasteiger partial charge in [0.15, 0.2) is 6.29 Å². The van der Waals surface area contributed by atoms with E-state index in [-0.39, 0.29) is 17.9 Å². The molecule has 0 aromatic heterocycles. The average molecular weight is 306 g/mol. The van der Waals surface area contributed by atoms with E-state index in [9.17, 15) is 9.59 Å². The molecule has 0 aromatic carbocycles. The van der Waals surface area contributed by atoms with Gasteiger partial charge in [0.2, 0.25) is 0 Å². The molecule has 0 radical (unpaired) electrons. The summed E-state index contributed by atoms with van der Waals surface area (Å²) >= 11 is 1.58. The summed E-state index contributed by atoms with van der Waals surface area (Å²) in [5, 5.41) is 0. The van der Waals surface area contributed by atoms with Crippen molar-refractivity contribution in [2.45, 2.75) is 52.9 Å². The Balaban J connectivity index is 3.47. The van der Waals surface area contributed by atoms with Gasteiger partial charge in [-0.1, -0.05) is 0 Å². The van der Waals surface area contributed by atoms with Crippen LogP contribution in [0.3, 0.4) is 0 Å². The van der Waals surface area contributed by atoms with Crippen LogP contribution in [0.5, 0.6) is 0 Å². The SMILES string of the molecule is CC(=O)CCSCCC(=O)OC(C)OCCOC(C)C. The lowest BCUT2D eigenvalue weighted by atomic mass is 10.4. The summed E-state index contributed by atoms with van der Waals surface area (Å²) in [5.41, 5.74) is 0. The van der Waals surface area contributed by atoms with Gasteiger partial charge >= 0.3 is 5.97 Å². The van der Waals surface area contributed by atoms with Crippen molar-refractivity contribution >= 4 is 23.5 Å². The normalized spacial score (nSPS) is 12.4. The first kappa shape index (κ1) is 19.4. The molecule has 0 aliphatic carbocycles. The van der Waals surface area contributed by atoms with Crippen LogP contribution in [0.1, 0.15) is 40.5 Å². The van der Waals surface area contributed by atoms with Gasteiger partial charge in [-0.15, -0.1) is 0 Å². The van der Waals surface area contributed by atoms with Gasteiger partial charge in [0.25, 0.3) is 0 Å². The van der Waals surface area contributed by atoms with Gasteiger partial charge in [-0.2, -0.15) is 11.8 Å². The molecule has 0 heterocycles. The molecule has 0 rings (SSSR count). The molecular formula is C14H26O5S. The van der Waals surface area contributed by atoms with Crippen LogP contribution in [0.2, 0.25) is 0 Å². The third-order valence-electron chi connectivity index (χ3n) is 2.23. The molecule has 0 fully saturated rings. The predicted molar refractivity (Wildman–Crippen MR) is 79.8 cm³/mol. The Morgan fingerprint density at radius 1 is 1.00 bits per heavy atom. The van der Waals surface area contributed by atoms with Gasteiger partial charge < -0.3 is 14.2 Å². The van der Waals surface area contributed by atoms with E-state index in [0.29, 0.717) is 31.8 Å². The lowest BCUT2D eigenvalue weighted by Crippen LogP contribution is -2.21. The molecule has 0 aliphatic rings. The van der Waals surface area contributed by atoms with E-state index in [4.69, 9.17) is 14.2 Å². The quantitative estimate of drug-likeness (QED) is 0.313. The monoisotopic (exact) mass is 306 g/mol. The van der Waals surface area contributed by atoms with Crippen molar-refractivity contribution in [3.63, 3.8) is 0 Å². The second kappa shape index (κ2) is 12.2. The first-order valence-electron chi connectivity index (χ1n) is 6.91. The highest BCUT2D eigenvalue weighted by Gasteiger charge is 2.09. The molecule has 0 amide bonds. The minimum Gasteiger partial charge on any atom is -0.436 e. The molecule has 0 saturated carbocycles. The van der Waals surface area contributed by atoms with E-state index in [1.54, 1.807) is 25.6 Å². The second-order valence-corrected chi connectivity index (χ2v) is 5.89. The molecular weight excluding hydrogens is 280 g/mol. The molecule has 0 N–H and O–H groups in total. The minimum atomic E-state index is -0.555. The molecule has 0 bridgehead atoms. The van der Waals surface area contributed by atoms with Gasteiger partial charge in [-0.05, 0) is 27.7 Å². The van der Waals surface area contributed by atoms with Gasteiger partial charge in [0.1, 0.15) is 5.78 Å². The number of carbonyl (C=O) groups is 2. The zero-order chi connectivity index (χ0) is 15.4. The van der Waals surface area contributed by atoms with E-state index in [2.05, 4.69) is 0 Å². The molecule has 20 heavy (non-hydrogen) atoms. The predicted octanol–water partition coefficient (Wildman–Crippen LogP) is 2.42. The average Bonchev–Trinajstić information content (AvgIpc) is 2.33. The lowest BCUT2D eigenvalue weighted by molar-refractivity contribution is -0.177. The first-order valence-corrected chi connectivity index (χ1v) is 8.07. The van der Waals surface area contributed by atoms with E-state index < -0.39 is 6.29 Å². The van der Waals surface area contributed by atoms with E-state index >= 15 is 0 Å². The number of rotatable bonds is 12. The van der Waals surface area contributed by atoms with Crippen molar-refractivity contribution < 1.29 is 23.8 Å². The number of esters is 1. The number of hydrogen-bond acceptors (Lipinski definition) is 6. The maximum absolute atomic E-state index is 11.5. The van der Waals surface area contributed by atoms with Gasteiger partial charge in [0.05, 0.1) is 25.7 Å². The zero-order valence-corrected chi connectivity index (χ0v) is 13.7. The van der Waals surface area contributed by atoms with Crippen LogP contribution in [-0.4, -0.2) is 48.9 Å². The molecule has 0 aromatic rings. The number of hydrogen-bond donors (Lipinski definition) is 0. The van der Waals surface area contributed by atoms with Crippen LogP contribution in [0, 0.1) is 0 Å². The number of ketones is 1. The van der Waals surface area contributed by atoms with Crippen molar-refractivity contribution in [1.82, 2.24) is 0 Å². The van der Waals surface area contributed by atoms with Crippen LogP contribution in [0.15, 0.2) is 0 Å². The van der Waals surface area contributed by atoms with Crippen molar-refractivity contribution in [2.24, 2.45) is 0 Å². The number of thioether (sulfide) groups is 1. The van der Waals surface area contributed by atoms with Gasteiger partial charge in [0, 0.05) is 17.9 Å². The molecule has 0 spiro atoms. The summed E-state index contributed by atoms with van der Waals surface area (Å²) in [6.07, 6.45) is 0.498. The van der Waals surface area contributed by atoms with E-state index in [1.165, 1.54) is 0 Å². The fraction of sp³-hybridized carbons (Fsp3) is 0.857. The Morgan fingerprint density at radius 3 is 2.20 bits per heavy atom. The van der Waals surface area contributed by atoms with Crippen LogP contribution in [0.25, 0.3) is 0 Å². The lowest BCUT2D eigenvalue weighted by Gasteiger charge is -2.14. The number of carbonyl (C=O) groups excluding carboxylic acids is 2. The summed E-state index contributed by atoms with van der Waals surface area (Å²) in [6, 6.07) is 0. The zero-order valence-electron chi connectivity index (χ0n) is 12.8. The first-order chi connectivity index (χ1) is 9.41. The molecule has 0 saturated heterocycles. The van der Waals surface area contributed by atoms with Gasteiger partial charge in [-0.25, -0.2) is 0 Å². The highest BCUT2D eigenvalue weighted by atomic mass is 32.2. The third kappa shape index (κ3) is 13.8. The van der Waals surface area contributed by atoms with Crippen LogP contribution >= 0.6 is 11.8 Å². The van der Waals surface area contributed by atoms with Gasteiger partial charge in [-0.3, -0.25) is 9.59 Å². The van der Waals surface area contributed by atoms with Crippen molar-refractivity contribution in [3.05, 3.63) is 0 Å². The fourth-order valence-electron chi connectivity index (χ4n) is 1.25. The highest BCUT2D eigenvalue weighted by molar-refractivity contribution is 7.99. The Morgan fingerprint density at radius 2 is 1.60 bits per heavy atom. The maximum atomic E-state index is 11.5. The smallest absolute Gasteiger partial charge is 0.308 e. The standard InChI is InChI=1S/C14H26O5S/c1-11(2)17-7-8-18-13(4)19-14(16)6-10-20-9-5-12(3)15/h11,13H,5-10H2,1-4H3. The molecule has 6 heteroatoms. The fourth-order valence-corrected chi connectivity index (χ4v) is 2.20. The molecule has 1 atom stereocenters. The summed E-state index contributed by atoms with van der Waals surface area (Å²) in [7, 11) is 0. The summed E-state index contributed by atoms with van der Waals surface area (Å²) in [5.74, 6) is 1.31. The van der Waals surface area contributed by atoms with Crippen molar-refractivity contribution in [3.8, 4) is 0 Å². The molecule has 0 aliphatic heterocycles. The Hall–Kier alpha value is -0.590. The number of Topliss-reactive ketones (excluding diaryl/α,β-unsaturated/α-hetero) is 1. The third-order valence-corrected chi connectivity index (χ3v) is 3.22. The van der Waals surface area contributed by atoms with Crippen molar-refractivity contribution in [2.75, 3.05) is 24.7 Å². The van der Waals surface area contributed by atoms with Crippen molar-refractivity contribution in [1.29, 1.82) is 0 Å². The largest absolute Gasteiger partial charge is 0.436 e. The minimum absolute atomic E-state index is 0.170. The van der Waals surface area contributed by atoms with E-state index in [1.807, 2.05) is 13.8 Å². The Labute approximate surface area is 125 Å². The summed E-state index contributed by atoms with van der Waals surface area (Å²) < 4.78 is 15.7. The van der Waals surface area contributed by atoms with Crippen LogP contribution in [-0.2, 0) is 23.8 Å². The second-order valence-electron chi connectivity index (χ2n) is 4.66. The van der Waals surface area contributed by atoms with Crippen LogP contribution < -0.4 is 0 Å². The summed E-state index contributed by atoms with van der Waals surface area (Å²) in [6.45, 7) is 8.05. The topological polar surface area (TPSA) is 61.8 Å². The number of ether oxygens (including phenoxy) is 3. The maximum Gasteiger partial charge on any atom is 0.308 e. The summed E-state index contributed by atoms with van der Waals surface area (Å²) in [4.78, 5) is 22.2.